The third kappa shape index (κ3) is 7.40. The Balaban J connectivity index is 1.28. The lowest BCUT2D eigenvalue weighted by Crippen LogP contribution is -2.38. The summed E-state index contributed by atoms with van der Waals surface area (Å²) in [6.07, 6.45) is 14.3. The van der Waals surface area contributed by atoms with E-state index in [1.807, 2.05) is 18.2 Å². The van der Waals surface area contributed by atoms with Crippen molar-refractivity contribution in [2.45, 2.75) is 57.9 Å². The number of amides is 3. The first-order valence-corrected chi connectivity index (χ1v) is 17.0. The summed E-state index contributed by atoms with van der Waals surface area (Å²) in [5.41, 5.74) is 6.68. The van der Waals surface area contributed by atoms with Gasteiger partial charge in [0.25, 0.3) is 17.7 Å². The lowest BCUT2D eigenvalue weighted by molar-refractivity contribution is -0.108. The molecule has 9 heteroatoms. The monoisotopic (exact) mass is 645 g/mol. The van der Waals surface area contributed by atoms with Crippen LogP contribution in [-0.4, -0.2) is 66.6 Å². The number of nitrogens with one attached hydrogen (secondary N) is 2. The van der Waals surface area contributed by atoms with Gasteiger partial charge in [0, 0.05) is 54.3 Å². The predicted octanol–water partition coefficient (Wildman–Crippen LogP) is 6.44. The maximum Gasteiger partial charge on any atom is 0.255 e. The van der Waals surface area contributed by atoms with Crippen LogP contribution in [0.2, 0.25) is 0 Å². The van der Waals surface area contributed by atoms with Gasteiger partial charge in [-0.15, -0.1) is 0 Å². The zero-order valence-corrected chi connectivity index (χ0v) is 27.7. The number of anilines is 2. The Bertz CT molecular complexity index is 1770. The molecule has 6 rings (SSSR count). The van der Waals surface area contributed by atoms with Crippen LogP contribution in [0.5, 0.6) is 0 Å². The van der Waals surface area contributed by atoms with Crippen LogP contribution >= 0.6 is 0 Å². The molecular weight excluding hydrogens is 602 g/mol. The maximum absolute atomic E-state index is 13.7. The summed E-state index contributed by atoms with van der Waals surface area (Å²) >= 11 is 0. The van der Waals surface area contributed by atoms with Crippen LogP contribution in [-0.2, 0) is 4.79 Å². The van der Waals surface area contributed by atoms with Crippen molar-refractivity contribution in [1.29, 1.82) is 0 Å². The minimum absolute atomic E-state index is 0.0141. The van der Waals surface area contributed by atoms with Gasteiger partial charge in [-0.05, 0) is 105 Å². The van der Waals surface area contributed by atoms with Gasteiger partial charge in [-0.1, -0.05) is 30.7 Å². The van der Waals surface area contributed by atoms with Crippen molar-refractivity contribution in [3.8, 4) is 11.3 Å². The third-order valence-electron chi connectivity index (χ3n) is 9.57. The quantitative estimate of drug-likeness (QED) is 0.259. The largest absolute Gasteiger partial charge is 0.372 e. The first kappa shape index (κ1) is 32.9. The van der Waals surface area contributed by atoms with Gasteiger partial charge in [0.2, 0.25) is 0 Å². The van der Waals surface area contributed by atoms with Crippen LogP contribution in [0, 0.1) is 5.92 Å². The van der Waals surface area contributed by atoms with E-state index in [2.05, 4.69) is 39.6 Å². The molecule has 3 aromatic rings. The molecule has 2 unspecified atom stereocenters. The fourth-order valence-corrected chi connectivity index (χ4v) is 6.96. The number of carbonyl (C=O) groups is 4. The molecule has 2 aromatic carbocycles. The van der Waals surface area contributed by atoms with Gasteiger partial charge in [-0.3, -0.25) is 19.4 Å². The van der Waals surface area contributed by atoms with E-state index in [0.717, 1.165) is 57.3 Å². The predicted molar refractivity (Wildman–Crippen MR) is 188 cm³/mol. The summed E-state index contributed by atoms with van der Waals surface area (Å²) in [6.45, 7) is 4.09. The number of hydrogen-bond acceptors (Lipinski definition) is 6. The second-order valence-electron chi connectivity index (χ2n) is 13.1. The minimum atomic E-state index is -0.389. The Labute approximate surface area is 282 Å². The van der Waals surface area contributed by atoms with E-state index >= 15 is 0 Å². The van der Waals surface area contributed by atoms with E-state index in [-0.39, 0.29) is 30.3 Å². The van der Waals surface area contributed by atoms with Crippen molar-refractivity contribution in [3.05, 3.63) is 101 Å². The number of allylic oxidation sites excluding steroid dienone is 2. The second-order valence-corrected chi connectivity index (χ2v) is 13.1. The number of nitrogens with zero attached hydrogens (tertiary/aromatic N) is 3. The number of aldehydes is 1. The zero-order chi connectivity index (χ0) is 33.6. The van der Waals surface area contributed by atoms with E-state index in [1.165, 1.54) is 35.6 Å². The molecule has 0 saturated carbocycles. The summed E-state index contributed by atoms with van der Waals surface area (Å²) in [5.74, 6) is -0.363. The Morgan fingerprint density at radius 3 is 2.56 bits per heavy atom. The highest BCUT2D eigenvalue weighted by Crippen LogP contribution is 2.35. The number of carbonyl (C=O) groups excluding carboxylic acids is 4. The molecule has 1 fully saturated rings. The third-order valence-corrected chi connectivity index (χ3v) is 9.57. The molecule has 9 nitrogen and oxygen atoms in total. The van der Waals surface area contributed by atoms with Crippen molar-refractivity contribution >= 4 is 35.4 Å². The van der Waals surface area contributed by atoms with Gasteiger partial charge in [0.15, 0.2) is 0 Å². The number of pyridine rings is 1. The van der Waals surface area contributed by atoms with Gasteiger partial charge < -0.3 is 25.2 Å². The van der Waals surface area contributed by atoms with E-state index in [0.29, 0.717) is 45.8 Å². The van der Waals surface area contributed by atoms with Crippen molar-refractivity contribution in [2.75, 3.05) is 36.9 Å². The van der Waals surface area contributed by atoms with Crippen molar-refractivity contribution in [1.82, 2.24) is 15.2 Å². The molecule has 48 heavy (non-hydrogen) atoms. The highest BCUT2D eigenvalue weighted by atomic mass is 16.2. The highest BCUT2D eigenvalue weighted by molar-refractivity contribution is 6.08. The number of aromatic nitrogens is 1. The summed E-state index contributed by atoms with van der Waals surface area (Å²) < 4.78 is 0. The number of hydrogen-bond donors (Lipinski definition) is 2. The highest BCUT2D eigenvalue weighted by Gasteiger charge is 2.26. The molecule has 3 aliphatic rings. The minimum Gasteiger partial charge on any atom is -0.372 e. The van der Waals surface area contributed by atoms with Gasteiger partial charge in [0.05, 0.1) is 24.0 Å². The zero-order valence-electron chi connectivity index (χ0n) is 27.7. The lowest BCUT2D eigenvalue weighted by Gasteiger charge is -2.31. The van der Waals surface area contributed by atoms with Crippen LogP contribution in [0.4, 0.5) is 11.4 Å². The Morgan fingerprint density at radius 1 is 0.958 bits per heavy atom. The molecule has 2 heterocycles. The standard InChI is InChI=1S/C39H43N5O4/c1-26-12-14-32-27(22-26)8-7-11-34(32)41-38(47)29-16-17-40-36(24-29)33-25-31(44-18-4-3-5-19-44)13-15-35(33)42-37(46)28-9-6-10-30(23-28)39(48)43(2)20-21-45/h6,9-10,12-17,21,23-26,34H,3-5,7-8,11,18-20,22H2,1-2H3,(H,41,47)(H,42,46). The molecule has 248 valence electrons. The number of benzene rings is 2. The molecule has 2 atom stereocenters. The van der Waals surface area contributed by atoms with Crippen molar-refractivity contribution in [3.63, 3.8) is 0 Å². The number of piperidine rings is 1. The SMILES string of the molecule is CC1C=CC2=C(CCCC2NC(=O)c2ccnc(-c3cc(N4CCCCC4)ccc3NC(=O)c3cccc(C(=O)N(C)CC=O)c3)c2)C1. The Hall–Kier alpha value is -5.05. The molecule has 2 N–H and O–H groups in total. The molecule has 1 aliphatic heterocycles. The molecule has 2 aliphatic carbocycles. The van der Waals surface area contributed by atoms with E-state index < -0.39 is 0 Å². The molecule has 0 spiro atoms. The van der Waals surface area contributed by atoms with Crippen molar-refractivity contribution < 1.29 is 19.2 Å². The normalized spacial score (nSPS) is 18.9. The van der Waals surface area contributed by atoms with Gasteiger partial charge in [-0.2, -0.15) is 0 Å². The molecular formula is C39H43N5O4. The van der Waals surface area contributed by atoms with Crippen LogP contribution in [0.25, 0.3) is 11.3 Å². The van der Waals surface area contributed by atoms with Gasteiger partial charge in [0.1, 0.15) is 6.29 Å². The number of rotatable bonds is 9. The van der Waals surface area contributed by atoms with Gasteiger partial charge >= 0.3 is 0 Å². The Morgan fingerprint density at radius 2 is 1.75 bits per heavy atom. The molecule has 0 radical (unpaired) electrons. The van der Waals surface area contributed by atoms with Gasteiger partial charge in [-0.25, -0.2) is 0 Å². The average molecular weight is 646 g/mol. The van der Waals surface area contributed by atoms with E-state index in [1.54, 1.807) is 36.5 Å². The molecule has 1 aromatic heterocycles. The summed E-state index contributed by atoms with van der Waals surface area (Å²) in [7, 11) is 1.54. The molecule has 1 saturated heterocycles. The number of likely N-dealkylation sites (N-methyl/N-ethyl adjacent to an activating group) is 1. The van der Waals surface area contributed by atoms with Crippen LogP contribution < -0.4 is 15.5 Å². The van der Waals surface area contributed by atoms with E-state index in [4.69, 9.17) is 0 Å². The van der Waals surface area contributed by atoms with Crippen LogP contribution in [0.3, 0.4) is 0 Å². The fraction of sp³-hybridized carbons (Fsp3) is 0.359. The lowest BCUT2D eigenvalue weighted by atomic mass is 9.79. The topological polar surface area (TPSA) is 112 Å². The van der Waals surface area contributed by atoms with Crippen molar-refractivity contribution in [2.24, 2.45) is 5.92 Å². The van der Waals surface area contributed by atoms with Crippen LogP contribution in [0.15, 0.2) is 84.1 Å². The fourth-order valence-electron chi connectivity index (χ4n) is 6.96. The second kappa shape index (κ2) is 14.8. The first-order chi connectivity index (χ1) is 23.3. The average Bonchev–Trinajstić information content (AvgIpc) is 3.12. The summed E-state index contributed by atoms with van der Waals surface area (Å²) in [6, 6.07) is 15.9. The molecule has 3 amide bonds. The summed E-state index contributed by atoms with van der Waals surface area (Å²) in [4.78, 5) is 59.2. The maximum atomic E-state index is 13.7. The summed E-state index contributed by atoms with van der Waals surface area (Å²) in [5, 5.41) is 6.32. The van der Waals surface area contributed by atoms with E-state index in [9.17, 15) is 19.2 Å². The Kier molecular flexibility index (Phi) is 10.1. The smallest absolute Gasteiger partial charge is 0.255 e. The first-order valence-electron chi connectivity index (χ1n) is 17.0. The van der Waals surface area contributed by atoms with Crippen LogP contribution in [0.1, 0.15) is 82.9 Å². The molecule has 0 bridgehead atoms.